The summed E-state index contributed by atoms with van der Waals surface area (Å²) in [5.41, 5.74) is 2.99. The van der Waals surface area contributed by atoms with Gasteiger partial charge in [-0.25, -0.2) is 0 Å². The van der Waals surface area contributed by atoms with Gasteiger partial charge in [-0.15, -0.1) is 0 Å². The molecule has 0 saturated heterocycles. The van der Waals surface area contributed by atoms with Gasteiger partial charge in [0.25, 0.3) is 0 Å². The molecule has 1 unspecified atom stereocenters. The van der Waals surface area contributed by atoms with Crippen LogP contribution in [0.5, 0.6) is 0 Å². The molecule has 0 aliphatic heterocycles. The van der Waals surface area contributed by atoms with Crippen molar-refractivity contribution in [2.75, 3.05) is 0 Å². The molecule has 72 valence electrons. The summed E-state index contributed by atoms with van der Waals surface area (Å²) in [5, 5.41) is 0. The molecular formula is C13H20. The Morgan fingerprint density at radius 3 is 2.54 bits per heavy atom. The molecule has 1 aliphatic rings. The Labute approximate surface area is 82.0 Å². The van der Waals surface area contributed by atoms with Crippen molar-refractivity contribution in [1.82, 2.24) is 0 Å². The summed E-state index contributed by atoms with van der Waals surface area (Å²) >= 11 is 0. The van der Waals surface area contributed by atoms with Gasteiger partial charge in [-0.05, 0) is 39.0 Å². The number of allylic oxidation sites excluding steroid dienone is 6. The summed E-state index contributed by atoms with van der Waals surface area (Å²) in [6.45, 7) is 6.71. The summed E-state index contributed by atoms with van der Waals surface area (Å²) < 4.78 is 0. The van der Waals surface area contributed by atoms with Crippen LogP contribution >= 0.6 is 0 Å². The van der Waals surface area contributed by atoms with Crippen LogP contribution in [-0.4, -0.2) is 0 Å². The molecule has 13 heavy (non-hydrogen) atoms. The molecule has 0 bridgehead atoms. The van der Waals surface area contributed by atoms with Crippen molar-refractivity contribution in [1.29, 1.82) is 0 Å². The van der Waals surface area contributed by atoms with Crippen molar-refractivity contribution in [3.05, 3.63) is 35.5 Å². The topological polar surface area (TPSA) is 0 Å². The largest absolute Gasteiger partial charge is 0.0851 e. The SMILES string of the molecule is CC1=CCC(C)=CCC(C)C=CC1. The van der Waals surface area contributed by atoms with Crippen LogP contribution in [0.15, 0.2) is 35.5 Å². The van der Waals surface area contributed by atoms with Crippen molar-refractivity contribution in [2.24, 2.45) is 5.92 Å². The van der Waals surface area contributed by atoms with Crippen LogP contribution in [0.3, 0.4) is 0 Å². The molecule has 0 N–H and O–H groups in total. The van der Waals surface area contributed by atoms with Crippen LogP contribution in [0.25, 0.3) is 0 Å². The highest BCUT2D eigenvalue weighted by atomic mass is 14.0. The lowest BCUT2D eigenvalue weighted by Crippen LogP contribution is -1.89. The first-order chi connectivity index (χ1) is 6.18. The summed E-state index contributed by atoms with van der Waals surface area (Å²) in [4.78, 5) is 0. The van der Waals surface area contributed by atoms with Gasteiger partial charge in [0.2, 0.25) is 0 Å². The third kappa shape index (κ3) is 4.12. The molecule has 1 rings (SSSR count). The quantitative estimate of drug-likeness (QED) is 0.484. The molecule has 0 aromatic heterocycles. The summed E-state index contributed by atoms with van der Waals surface area (Å²) in [5.74, 6) is 0.695. The first-order valence-electron chi connectivity index (χ1n) is 5.16. The normalized spacial score (nSPS) is 25.0. The molecule has 0 radical (unpaired) electrons. The van der Waals surface area contributed by atoms with Gasteiger partial charge in [-0.2, -0.15) is 0 Å². The van der Waals surface area contributed by atoms with Gasteiger partial charge in [0.05, 0.1) is 0 Å². The van der Waals surface area contributed by atoms with E-state index in [2.05, 4.69) is 45.1 Å². The third-order valence-corrected chi connectivity index (χ3v) is 2.52. The van der Waals surface area contributed by atoms with Gasteiger partial charge >= 0.3 is 0 Å². The van der Waals surface area contributed by atoms with E-state index in [0.29, 0.717) is 5.92 Å². The predicted octanol–water partition coefficient (Wildman–Crippen LogP) is 4.26. The fourth-order valence-corrected chi connectivity index (χ4v) is 1.45. The Hall–Kier alpha value is -0.780. The summed E-state index contributed by atoms with van der Waals surface area (Å²) in [6.07, 6.45) is 12.8. The zero-order valence-corrected chi connectivity index (χ0v) is 9.01. The van der Waals surface area contributed by atoms with Crippen molar-refractivity contribution in [3.8, 4) is 0 Å². The highest BCUT2D eigenvalue weighted by molar-refractivity contribution is 5.13. The molecule has 0 aromatic carbocycles. The Balaban J connectivity index is 2.71. The van der Waals surface area contributed by atoms with E-state index in [-0.39, 0.29) is 0 Å². The van der Waals surface area contributed by atoms with Gasteiger partial charge < -0.3 is 0 Å². The van der Waals surface area contributed by atoms with E-state index >= 15 is 0 Å². The van der Waals surface area contributed by atoms with Crippen molar-refractivity contribution in [2.45, 2.75) is 40.0 Å². The van der Waals surface area contributed by atoms with Gasteiger partial charge in [0.1, 0.15) is 0 Å². The Bertz CT molecular complexity index is 241. The van der Waals surface area contributed by atoms with Crippen molar-refractivity contribution in [3.63, 3.8) is 0 Å². The second kappa shape index (κ2) is 5.06. The molecule has 0 amide bonds. The molecule has 0 aromatic rings. The smallest absolute Gasteiger partial charge is 0.0139 e. The predicted molar refractivity (Wildman–Crippen MR) is 59.7 cm³/mol. The van der Waals surface area contributed by atoms with Gasteiger partial charge in [-0.1, -0.05) is 42.4 Å². The maximum Gasteiger partial charge on any atom is -0.0139 e. The van der Waals surface area contributed by atoms with Crippen LogP contribution in [-0.2, 0) is 0 Å². The van der Waals surface area contributed by atoms with Crippen LogP contribution in [0.2, 0.25) is 0 Å². The molecule has 0 nitrogen and oxygen atoms in total. The number of hydrogen-bond acceptors (Lipinski definition) is 0. The minimum absolute atomic E-state index is 0.695. The first-order valence-corrected chi connectivity index (χ1v) is 5.16. The van der Waals surface area contributed by atoms with Gasteiger partial charge in [0, 0.05) is 0 Å². The zero-order valence-electron chi connectivity index (χ0n) is 9.01. The maximum absolute atomic E-state index is 2.37. The minimum Gasteiger partial charge on any atom is -0.0851 e. The standard InChI is InChI=1S/C13H20/c1-11-5-4-6-12(2)8-10-13(3)9-7-11/h4-5,8-9,11H,6-7,10H2,1-3H3. The second-order valence-corrected chi connectivity index (χ2v) is 4.15. The zero-order chi connectivity index (χ0) is 9.68. The third-order valence-electron chi connectivity index (χ3n) is 2.52. The first kappa shape index (κ1) is 10.3. The fraction of sp³-hybridized carbons (Fsp3) is 0.538. The Morgan fingerprint density at radius 2 is 1.77 bits per heavy atom. The van der Waals surface area contributed by atoms with E-state index in [1.807, 2.05) is 0 Å². The molecule has 1 aliphatic carbocycles. The van der Waals surface area contributed by atoms with Gasteiger partial charge in [0.15, 0.2) is 0 Å². The molecule has 1 atom stereocenters. The number of rotatable bonds is 0. The fourth-order valence-electron chi connectivity index (χ4n) is 1.45. The average molecular weight is 176 g/mol. The summed E-state index contributed by atoms with van der Waals surface area (Å²) in [6, 6.07) is 0. The van der Waals surface area contributed by atoms with E-state index in [1.165, 1.54) is 17.6 Å². The molecule has 0 spiro atoms. The highest BCUT2D eigenvalue weighted by Crippen LogP contribution is 2.15. The maximum atomic E-state index is 2.37. The highest BCUT2D eigenvalue weighted by Gasteiger charge is 1.97. The molecule has 0 fully saturated rings. The monoisotopic (exact) mass is 176 g/mol. The Kier molecular flexibility index (Phi) is 4.01. The second-order valence-electron chi connectivity index (χ2n) is 4.15. The van der Waals surface area contributed by atoms with Crippen LogP contribution in [0.1, 0.15) is 40.0 Å². The van der Waals surface area contributed by atoms with E-state index in [4.69, 9.17) is 0 Å². The van der Waals surface area contributed by atoms with Gasteiger partial charge in [-0.3, -0.25) is 0 Å². The minimum atomic E-state index is 0.695. The number of hydrogen-bond donors (Lipinski definition) is 0. The lowest BCUT2D eigenvalue weighted by atomic mass is 10.0. The Morgan fingerprint density at radius 1 is 1.08 bits per heavy atom. The van der Waals surface area contributed by atoms with Crippen LogP contribution in [0, 0.1) is 5.92 Å². The lowest BCUT2D eigenvalue weighted by molar-refractivity contribution is 0.735. The van der Waals surface area contributed by atoms with Crippen LogP contribution in [0.4, 0.5) is 0 Å². The van der Waals surface area contributed by atoms with Crippen LogP contribution < -0.4 is 0 Å². The van der Waals surface area contributed by atoms with E-state index in [0.717, 1.165) is 12.8 Å². The average Bonchev–Trinajstić information content (AvgIpc) is 2.10. The van der Waals surface area contributed by atoms with E-state index in [9.17, 15) is 0 Å². The molecule has 0 saturated carbocycles. The van der Waals surface area contributed by atoms with Crippen molar-refractivity contribution < 1.29 is 0 Å². The van der Waals surface area contributed by atoms with E-state index < -0.39 is 0 Å². The molecule has 0 heteroatoms. The molecule has 0 heterocycles. The van der Waals surface area contributed by atoms with Crippen molar-refractivity contribution >= 4 is 0 Å². The lowest BCUT2D eigenvalue weighted by Gasteiger charge is -2.06. The molecular weight excluding hydrogens is 156 g/mol. The summed E-state index contributed by atoms with van der Waals surface area (Å²) in [7, 11) is 0. The van der Waals surface area contributed by atoms with E-state index in [1.54, 1.807) is 0 Å².